The molecule has 0 aliphatic rings. The highest BCUT2D eigenvalue weighted by molar-refractivity contribution is 5.44. The average Bonchev–Trinajstić information content (AvgIpc) is 2.63. The van der Waals surface area contributed by atoms with Gasteiger partial charge < -0.3 is 5.11 Å². The first-order chi connectivity index (χ1) is 11.8. The van der Waals surface area contributed by atoms with Crippen molar-refractivity contribution in [2.24, 2.45) is 0 Å². The van der Waals surface area contributed by atoms with Crippen LogP contribution in [0.25, 0.3) is 0 Å². The van der Waals surface area contributed by atoms with E-state index in [4.69, 9.17) is 0 Å². The molecule has 0 aromatic heterocycles. The molecule has 0 amide bonds. The molecule has 0 saturated heterocycles. The summed E-state index contributed by atoms with van der Waals surface area (Å²) in [7, 11) is 0. The molecule has 3 rings (SSSR count). The molecule has 0 atom stereocenters. The first-order valence-electron chi connectivity index (χ1n) is 8.78. The number of rotatable bonds is 4. The SMILES string of the molecule is CC(C)(c1ccccc1)c1ccc(C(C)(C)c2ccc(O)cc2)cc1. The zero-order valence-corrected chi connectivity index (χ0v) is 15.5. The summed E-state index contributed by atoms with van der Waals surface area (Å²) in [4.78, 5) is 0. The Morgan fingerprint density at radius 1 is 0.480 bits per heavy atom. The number of benzene rings is 3. The average molecular weight is 330 g/mol. The van der Waals surface area contributed by atoms with Gasteiger partial charge in [-0.15, -0.1) is 0 Å². The summed E-state index contributed by atoms with van der Waals surface area (Å²) in [5, 5.41) is 9.53. The van der Waals surface area contributed by atoms with Gasteiger partial charge in [-0.2, -0.15) is 0 Å². The predicted octanol–water partition coefficient (Wildman–Crippen LogP) is 6.04. The van der Waals surface area contributed by atoms with Crippen molar-refractivity contribution in [3.8, 4) is 5.75 Å². The molecule has 0 spiro atoms. The number of phenolic OH excluding ortho intramolecular Hbond substituents is 1. The Balaban J connectivity index is 1.93. The maximum Gasteiger partial charge on any atom is 0.115 e. The van der Waals surface area contributed by atoms with Crippen molar-refractivity contribution in [1.82, 2.24) is 0 Å². The van der Waals surface area contributed by atoms with Crippen LogP contribution in [0.3, 0.4) is 0 Å². The van der Waals surface area contributed by atoms with Crippen molar-refractivity contribution in [3.63, 3.8) is 0 Å². The van der Waals surface area contributed by atoms with Gasteiger partial charge >= 0.3 is 0 Å². The Bertz CT molecular complexity index is 826. The van der Waals surface area contributed by atoms with Gasteiger partial charge in [0.25, 0.3) is 0 Å². The van der Waals surface area contributed by atoms with Gasteiger partial charge in [-0.1, -0.05) is 94.4 Å². The third-order valence-corrected chi connectivity index (χ3v) is 5.41. The van der Waals surface area contributed by atoms with Crippen LogP contribution in [0.15, 0.2) is 78.9 Å². The van der Waals surface area contributed by atoms with Gasteiger partial charge in [0.15, 0.2) is 0 Å². The number of phenols is 1. The van der Waals surface area contributed by atoms with E-state index in [0.29, 0.717) is 5.75 Å². The highest BCUT2D eigenvalue weighted by atomic mass is 16.3. The third kappa shape index (κ3) is 3.32. The van der Waals surface area contributed by atoms with Crippen molar-refractivity contribution in [1.29, 1.82) is 0 Å². The number of hydrogen-bond acceptors (Lipinski definition) is 1. The lowest BCUT2D eigenvalue weighted by molar-refractivity contribution is 0.474. The molecule has 3 aromatic carbocycles. The van der Waals surface area contributed by atoms with Gasteiger partial charge in [-0.3, -0.25) is 0 Å². The summed E-state index contributed by atoms with van der Waals surface area (Å²) in [6.07, 6.45) is 0. The molecular weight excluding hydrogens is 304 g/mol. The van der Waals surface area contributed by atoms with E-state index in [1.54, 1.807) is 12.1 Å². The molecular formula is C24H26O. The lowest BCUT2D eigenvalue weighted by atomic mass is 9.74. The molecule has 1 heteroatoms. The normalized spacial score (nSPS) is 12.2. The minimum Gasteiger partial charge on any atom is -0.508 e. The molecule has 1 nitrogen and oxygen atoms in total. The maximum absolute atomic E-state index is 9.53. The number of hydrogen-bond donors (Lipinski definition) is 1. The fourth-order valence-corrected chi connectivity index (χ4v) is 3.37. The van der Waals surface area contributed by atoms with Gasteiger partial charge in [-0.25, -0.2) is 0 Å². The molecule has 1 N–H and O–H groups in total. The third-order valence-electron chi connectivity index (χ3n) is 5.41. The van der Waals surface area contributed by atoms with Crippen LogP contribution in [0.4, 0.5) is 0 Å². The molecule has 0 aliphatic carbocycles. The monoisotopic (exact) mass is 330 g/mol. The topological polar surface area (TPSA) is 20.2 Å². The number of aromatic hydroxyl groups is 1. The van der Waals surface area contributed by atoms with Crippen molar-refractivity contribution in [2.45, 2.75) is 38.5 Å². The summed E-state index contributed by atoms with van der Waals surface area (Å²) in [5.41, 5.74) is 4.96. The van der Waals surface area contributed by atoms with Crippen LogP contribution in [0.1, 0.15) is 49.9 Å². The van der Waals surface area contributed by atoms with Gasteiger partial charge in [0.05, 0.1) is 0 Å². The van der Waals surface area contributed by atoms with Gasteiger partial charge in [0, 0.05) is 10.8 Å². The van der Waals surface area contributed by atoms with Crippen LogP contribution in [0, 0.1) is 0 Å². The van der Waals surface area contributed by atoms with Gasteiger partial charge in [0.1, 0.15) is 5.75 Å². The van der Waals surface area contributed by atoms with E-state index in [1.165, 1.54) is 22.3 Å². The summed E-state index contributed by atoms with van der Waals surface area (Å²) < 4.78 is 0. The van der Waals surface area contributed by atoms with E-state index in [0.717, 1.165) is 0 Å². The van der Waals surface area contributed by atoms with Crippen LogP contribution < -0.4 is 0 Å². The van der Waals surface area contributed by atoms with Crippen LogP contribution in [0.5, 0.6) is 5.75 Å². The Kier molecular flexibility index (Phi) is 4.43. The lowest BCUT2D eigenvalue weighted by Crippen LogP contribution is -2.21. The van der Waals surface area contributed by atoms with E-state index in [1.807, 2.05) is 12.1 Å². The molecule has 0 saturated carbocycles. The van der Waals surface area contributed by atoms with Crippen LogP contribution in [0.2, 0.25) is 0 Å². The van der Waals surface area contributed by atoms with Crippen LogP contribution >= 0.6 is 0 Å². The second kappa shape index (κ2) is 6.40. The first-order valence-corrected chi connectivity index (χ1v) is 8.78. The minimum atomic E-state index is -0.108. The van der Waals surface area contributed by atoms with E-state index in [-0.39, 0.29) is 10.8 Å². The second-order valence-corrected chi connectivity index (χ2v) is 7.74. The summed E-state index contributed by atoms with van der Waals surface area (Å²) in [6.45, 7) is 8.97. The molecule has 0 aliphatic heterocycles. The molecule has 0 bridgehead atoms. The summed E-state index contributed by atoms with van der Waals surface area (Å²) >= 11 is 0. The minimum absolute atomic E-state index is 0.0253. The van der Waals surface area contributed by atoms with Crippen LogP contribution in [-0.2, 0) is 10.8 Å². The molecule has 0 heterocycles. The van der Waals surface area contributed by atoms with E-state index >= 15 is 0 Å². The second-order valence-electron chi connectivity index (χ2n) is 7.74. The zero-order valence-electron chi connectivity index (χ0n) is 15.5. The van der Waals surface area contributed by atoms with Crippen molar-refractivity contribution in [3.05, 3.63) is 101 Å². The zero-order chi connectivity index (χ0) is 18.1. The standard InChI is InChI=1S/C24H26O/c1-23(2,18-8-6-5-7-9-18)19-10-12-20(13-11-19)24(3,4)21-14-16-22(25)17-15-21/h5-17,25H,1-4H3. The quantitative estimate of drug-likeness (QED) is 0.618. The molecule has 0 fully saturated rings. The maximum atomic E-state index is 9.53. The van der Waals surface area contributed by atoms with E-state index < -0.39 is 0 Å². The fourth-order valence-electron chi connectivity index (χ4n) is 3.37. The summed E-state index contributed by atoms with van der Waals surface area (Å²) in [5.74, 6) is 0.305. The molecule has 3 aromatic rings. The molecule has 0 radical (unpaired) electrons. The predicted molar refractivity (Wildman–Crippen MR) is 105 cm³/mol. The van der Waals surface area contributed by atoms with E-state index in [9.17, 15) is 5.11 Å². The lowest BCUT2D eigenvalue weighted by Gasteiger charge is -2.29. The van der Waals surface area contributed by atoms with Crippen molar-refractivity contribution >= 4 is 0 Å². The Labute approximate surface area is 151 Å². The van der Waals surface area contributed by atoms with Gasteiger partial charge in [0.2, 0.25) is 0 Å². The molecule has 25 heavy (non-hydrogen) atoms. The highest BCUT2D eigenvalue weighted by Gasteiger charge is 2.26. The summed E-state index contributed by atoms with van der Waals surface area (Å²) in [6, 6.07) is 27.1. The van der Waals surface area contributed by atoms with Crippen LogP contribution in [-0.4, -0.2) is 5.11 Å². The smallest absolute Gasteiger partial charge is 0.115 e. The fraction of sp³-hybridized carbons (Fsp3) is 0.250. The highest BCUT2D eigenvalue weighted by Crippen LogP contribution is 2.35. The van der Waals surface area contributed by atoms with Crippen molar-refractivity contribution in [2.75, 3.05) is 0 Å². The first kappa shape index (κ1) is 17.3. The Morgan fingerprint density at radius 2 is 0.800 bits per heavy atom. The van der Waals surface area contributed by atoms with E-state index in [2.05, 4.69) is 82.3 Å². The Morgan fingerprint density at radius 3 is 1.20 bits per heavy atom. The largest absolute Gasteiger partial charge is 0.508 e. The van der Waals surface area contributed by atoms with Crippen molar-refractivity contribution < 1.29 is 5.11 Å². The van der Waals surface area contributed by atoms with Gasteiger partial charge in [-0.05, 0) is 34.4 Å². The molecule has 0 unspecified atom stereocenters. The Hall–Kier alpha value is -2.54. The molecule has 128 valence electrons.